The molecule has 0 spiro atoms. The maximum absolute atomic E-state index is 12.6. The largest absolute Gasteiger partial charge is 0.336 e. The fraction of sp³-hybridized carbons (Fsp3) is 0.294. The summed E-state index contributed by atoms with van der Waals surface area (Å²) in [5.74, 6) is -0.380. The topological polar surface area (TPSA) is 83.4 Å². The molecular formula is C17H19N5O2. The first-order valence-corrected chi connectivity index (χ1v) is 7.62. The molecule has 0 aliphatic carbocycles. The number of H-pyrrole nitrogens is 1. The number of carbonyl (C=O) groups excluding carboxylic acids is 1. The molecule has 0 radical (unpaired) electrons. The van der Waals surface area contributed by atoms with E-state index in [4.69, 9.17) is 0 Å². The van der Waals surface area contributed by atoms with Crippen LogP contribution in [0.15, 0.2) is 29.2 Å². The Morgan fingerprint density at radius 3 is 2.71 bits per heavy atom. The minimum atomic E-state index is -0.404. The molecule has 0 fully saturated rings. The molecule has 0 aliphatic rings. The summed E-state index contributed by atoms with van der Waals surface area (Å²) in [5.41, 5.74) is 3.69. The number of nitrogens with one attached hydrogen (secondary N) is 1. The van der Waals surface area contributed by atoms with Crippen LogP contribution in [0.2, 0.25) is 0 Å². The fourth-order valence-electron chi connectivity index (χ4n) is 2.75. The molecule has 24 heavy (non-hydrogen) atoms. The number of hydrogen-bond acceptors (Lipinski definition) is 4. The monoisotopic (exact) mass is 325 g/mol. The van der Waals surface area contributed by atoms with E-state index in [1.54, 1.807) is 13.1 Å². The molecule has 0 unspecified atom stereocenters. The first-order chi connectivity index (χ1) is 11.3. The van der Waals surface area contributed by atoms with E-state index in [1.165, 1.54) is 15.6 Å². The van der Waals surface area contributed by atoms with Gasteiger partial charge in [-0.2, -0.15) is 0 Å². The van der Waals surface area contributed by atoms with Gasteiger partial charge in [-0.15, -0.1) is 0 Å². The van der Waals surface area contributed by atoms with E-state index >= 15 is 0 Å². The minimum absolute atomic E-state index is 0.0289. The van der Waals surface area contributed by atoms with E-state index in [9.17, 15) is 9.59 Å². The standard InChI is InChI=1S/C17H19N5O2/c1-10-5-11(2)19-13(6-10)9-21(4)16(23)14-8-18-15-7-12(3)20-22(15)17(14)24/h5-8,20H,9H2,1-4H3. The first kappa shape index (κ1) is 15.9. The highest BCUT2D eigenvalue weighted by Crippen LogP contribution is 2.09. The van der Waals surface area contributed by atoms with Gasteiger partial charge in [0, 0.05) is 30.7 Å². The summed E-state index contributed by atoms with van der Waals surface area (Å²) in [6.45, 7) is 6.05. The third-order valence-corrected chi connectivity index (χ3v) is 3.75. The highest BCUT2D eigenvalue weighted by molar-refractivity contribution is 5.93. The maximum Gasteiger partial charge on any atom is 0.285 e. The zero-order valence-corrected chi connectivity index (χ0v) is 14.1. The van der Waals surface area contributed by atoms with E-state index in [2.05, 4.69) is 15.1 Å². The van der Waals surface area contributed by atoms with Gasteiger partial charge in [0.15, 0.2) is 5.65 Å². The summed E-state index contributed by atoms with van der Waals surface area (Å²) >= 11 is 0. The number of nitrogens with zero attached hydrogens (tertiary/aromatic N) is 4. The molecule has 0 saturated carbocycles. The zero-order chi connectivity index (χ0) is 17.4. The molecule has 1 N–H and O–H groups in total. The number of fused-ring (bicyclic) bond motifs is 1. The number of aromatic amines is 1. The third kappa shape index (κ3) is 2.92. The predicted molar refractivity (Wildman–Crippen MR) is 90.1 cm³/mol. The molecule has 7 nitrogen and oxygen atoms in total. The van der Waals surface area contributed by atoms with Crippen molar-refractivity contribution < 1.29 is 4.79 Å². The van der Waals surface area contributed by atoms with Crippen LogP contribution in [-0.4, -0.2) is 37.4 Å². The van der Waals surface area contributed by atoms with Crippen molar-refractivity contribution in [3.05, 3.63) is 63.0 Å². The normalized spacial score (nSPS) is 11.0. The molecule has 3 heterocycles. The van der Waals surface area contributed by atoms with Gasteiger partial charge < -0.3 is 4.90 Å². The molecule has 3 aromatic rings. The van der Waals surface area contributed by atoms with Crippen LogP contribution in [0, 0.1) is 20.8 Å². The molecule has 0 atom stereocenters. The Balaban J connectivity index is 1.90. The Kier molecular flexibility index (Phi) is 3.92. The van der Waals surface area contributed by atoms with Gasteiger partial charge in [-0.25, -0.2) is 9.50 Å². The van der Waals surface area contributed by atoms with Gasteiger partial charge in [0.1, 0.15) is 5.56 Å². The number of carbonyl (C=O) groups is 1. The number of pyridine rings is 1. The molecule has 3 rings (SSSR count). The average Bonchev–Trinajstić information content (AvgIpc) is 2.87. The lowest BCUT2D eigenvalue weighted by atomic mass is 10.2. The molecule has 0 saturated heterocycles. The van der Waals surface area contributed by atoms with E-state index in [-0.39, 0.29) is 11.5 Å². The van der Waals surface area contributed by atoms with Crippen LogP contribution in [0.5, 0.6) is 0 Å². The Hall–Kier alpha value is -2.96. The zero-order valence-electron chi connectivity index (χ0n) is 14.1. The van der Waals surface area contributed by atoms with Crippen LogP contribution in [-0.2, 0) is 6.54 Å². The van der Waals surface area contributed by atoms with Crippen molar-refractivity contribution in [2.75, 3.05) is 7.05 Å². The Morgan fingerprint density at radius 2 is 2.00 bits per heavy atom. The molecule has 0 aromatic carbocycles. The van der Waals surface area contributed by atoms with Crippen molar-refractivity contribution in [2.24, 2.45) is 0 Å². The first-order valence-electron chi connectivity index (χ1n) is 7.62. The highest BCUT2D eigenvalue weighted by Gasteiger charge is 2.19. The molecule has 1 amide bonds. The number of rotatable bonds is 3. The SMILES string of the molecule is Cc1cc(C)nc(CN(C)C(=O)c2cnc3cc(C)[nH]n3c2=O)c1. The lowest BCUT2D eigenvalue weighted by Gasteiger charge is -2.17. The summed E-state index contributed by atoms with van der Waals surface area (Å²) in [7, 11) is 1.65. The van der Waals surface area contributed by atoms with Crippen molar-refractivity contribution in [3.8, 4) is 0 Å². The number of amides is 1. The fourth-order valence-corrected chi connectivity index (χ4v) is 2.75. The van der Waals surface area contributed by atoms with Gasteiger partial charge in [-0.1, -0.05) is 0 Å². The summed E-state index contributed by atoms with van der Waals surface area (Å²) in [6, 6.07) is 5.65. The van der Waals surface area contributed by atoms with Gasteiger partial charge >= 0.3 is 0 Å². The lowest BCUT2D eigenvalue weighted by Crippen LogP contribution is -2.33. The number of aromatic nitrogens is 4. The Bertz CT molecular complexity index is 966. The van der Waals surface area contributed by atoms with Crippen LogP contribution in [0.25, 0.3) is 5.65 Å². The average molecular weight is 325 g/mol. The molecule has 3 aromatic heterocycles. The van der Waals surface area contributed by atoms with E-state index in [0.29, 0.717) is 12.2 Å². The molecular weight excluding hydrogens is 306 g/mol. The van der Waals surface area contributed by atoms with Gasteiger partial charge in [0.2, 0.25) is 0 Å². The molecule has 0 aliphatic heterocycles. The minimum Gasteiger partial charge on any atom is -0.336 e. The van der Waals surface area contributed by atoms with Crippen molar-refractivity contribution in [1.29, 1.82) is 0 Å². The van der Waals surface area contributed by atoms with Crippen LogP contribution in [0.4, 0.5) is 0 Å². The summed E-state index contributed by atoms with van der Waals surface area (Å²) in [4.78, 5) is 35.2. The summed E-state index contributed by atoms with van der Waals surface area (Å²) < 4.78 is 1.28. The van der Waals surface area contributed by atoms with Crippen molar-refractivity contribution in [2.45, 2.75) is 27.3 Å². The third-order valence-electron chi connectivity index (χ3n) is 3.75. The number of aryl methyl sites for hydroxylation is 3. The van der Waals surface area contributed by atoms with Gasteiger partial charge in [0.05, 0.1) is 12.2 Å². The maximum atomic E-state index is 12.6. The van der Waals surface area contributed by atoms with Gasteiger partial charge in [-0.05, 0) is 38.5 Å². The molecule has 124 valence electrons. The van der Waals surface area contributed by atoms with Crippen molar-refractivity contribution in [1.82, 2.24) is 24.5 Å². The van der Waals surface area contributed by atoms with E-state index in [1.807, 2.05) is 32.9 Å². The summed E-state index contributed by atoms with van der Waals surface area (Å²) in [5, 5.41) is 2.88. The quantitative estimate of drug-likeness (QED) is 0.793. The molecule has 7 heteroatoms. The summed E-state index contributed by atoms with van der Waals surface area (Å²) in [6.07, 6.45) is 1.33. The van der Waals surface area contributed by atoms with Crippen LogP contribution in [0.3, 0.4) is 0 Å². The Labute approximate surface area is 139 Å². The van der Waals surface area contributed by atoms with Crippen LogP contribution in [0.1, 0.15) is 33.0 Å². The lowest BCUT2D eigenvalue weighted by molar-refractivity contribution is 0.0780. The smallest absolute Gasteiger partial charge is 0.285 e. The highest BCUT2D eigenvalue weighted by atomic mass is 16.2. The Morgan fingerprint density at radius 1 is 1.25 bits per heavy atom. The van der Waals surface area contributed by atoms with Gasteiger partial charge in [0.25, 0.3) is 11.5 Å². The number of hydrogen-bond donors (Lipinski definition) is 1. The van der Waals surface area contributed by atoms with E-state index in [0.717, 1.165) is 22.6 Å². The van der Waals surface area contributed by atoms with Gasteiger partial charge in [-0.3, -0.25) is 19.7 Å². The van der Waals surface area contributed by atoms with Crippen molar-refractivity contribution >= 4 is 11.6 Å². The van der Waals surface area contributed by atoms with Crippen LogP contribution >= 0.6 is 0 Å². The van der Waals surface area contributed by atoms with Crippen LogP contribution < -0.4 is 5.56 Å². The van der Waals surface area contributed by atoms with E-state index < -0.39 is 5.56 Å². The second-order valence-corrected chi connectivity index (χ2v) is 6.05. The predicted octanol–water partition coefficient (Wildman–Crippen LogP) is 1.62. The van der Waals surface area contributed by atoms with Crippen molar-refractivity contribution in [3.63, 3.8) is 0 Å². The molecule has 0 bridgehead atoms. The second-order valence-electron chi connectivity index (χ2n) is 6.05. The second kappa shape index (κ2) is 5.92.